The number of nitrogens with one attached hydrogen (secondary N) is 2. The van der Waals surface area contributed by atoms with Crippen LogP contribution in [-0.4, -0.2) is 53.0 Å². The molecule has 4 N–H and O–H groups in total. The number of aliphatic carboxylic acids is 1. The van der Waals surface area contributed by atoms with E-state index in [0.717, 1.165) is 22.3 Å². The van der Waals surface area contributed by atoms with Crippen molar-refractivity contribution in [1.82, 2.24) is 10.6 Å². The first-order valence-electron chi connectivity index (χ1n) is 10.9. The van der Waals surface area contributed by atoms with E-state index < -0.39 is 42.1 Å². The molecule has 4 unspecified atom stereocenters. The minimum absolute atomic E-state index is 0.0470. The van der Waals surface area contributed by atoms with E-state index in [2.05, 4.69) is 22.8 Å². The smallest absolute Gasteiger partial charge is 0.407 e. The van der Waals surface area contributed by atoms with Crippen molar-refractivity contribution in [2.75, 3.05) is 6.61 Å². The summed E-state index contributed by atoms with van der Waals surface area (Å²) in [4.78, 5) is 36.0. The Morgan fingerprint density at radius 2 is 1.64 bits per heavy atom. The fraction of sp³-hybridized carbons (Fsp3) is 0.320. The molecule has 0 radical (unpaired) electrons. The Morgan fingerprint density at radius 1 is 1.03 bits per heavy atom. The predicted octanol–water partition coefficient (Wildman–Crippen LogP) is 2.42. The molecule has 172 valence electrons. The summed E-state index contributed by atoms with van der Waals surface area (Å²) in [5, 5.41) is 23.7. The fourth-order valence-corrected chi connectivity index (χ4v) is 4.44. The highest BCUT2D eigenvalue weighted by Crippen LogP contribution is 2.44. The average Bonchev–Trinajstić information content (AvgIpc) is 3.38. The maximum Gasteiger partial charge on any atom is 0.407 e. The zero-order chi connectivity index (χ0) is 23.5. The number of carbonyl (C=O) groups is 3. The molecule has 8 heteroatoms. The zero-order valence-corrected chi connectivity index (χ0v) is 18.1. The summed E-state index contributed by atoms with van der Waals surface area (Å²) in [7, 11) is 0. The number of ether oxygens (including phenoxy) is 1. The Morgan fingerprint density at radius 3 is 2.21 bits per heavy atom. The first-order valence-corrected chi connectivity index (χ1v) is 10.9. The molecule has 33 heavy (non-hydrogen) atoms. The highest BCUT2D eigenvalue weighted by Gasteiger charge is 2.32. The van der Waals surface area contributed by atoms with Crippen molar-refractivity contribution in [3.63, 3.8) is 0 Å². The van der Waals surface area contributed by atoms with Crippen molar-refractivity contribution in [2.45, 2.75) is 37.5 Å². The number of amides is 2. The average molecular weight is 450 g/mol. The molecule has 4 atom stereocenters. The van der Waals surface area contributed by atoms with Crippen LogP contribution in [0.2, 0.25) is 0 Å². The van der Waals surface area contributed by atoms with Gasteiger partial charge in [0.1, 0.15) is 6.61 Å². The van der Waals surface area contributed by atoms with E-state index in [-0.39, 0.29) is 18.9 Å². The number of carboxylic acid groups (broad SMARTS) is 1. The van der Waals surface area contributed by atoms with Gasteiger partial charge in [0.05, 0.1) is 18.1 Å². The molecular weight excluding hydrogens is 424 g/mol. The molecule has 0 heterocycles. The maximum absolute atomic E-state index is 12.4. The van der Waals surface area contributed by atoms with E-state index in [1.54, 1.807) is 12.2 Å². The molecule has 0 aliphatic heterocycles. The molecule has 2 amide bonds. The second-order valence-corrected chi connectivity index (χ2v) is 8.37. The van der Waals surface area contributed by atoms with Gasteiger partial charge in [0.2, 0.25) is 5.91 Å². The summed E-state index contributed by atoms with van der Waals surface area (Å²) < 4.78 is 5.53. The van der Waals surface area contributed by atoms with Crippen LogP contribution in [0.4, 0.5) is 4.79 Å². The van der Waals surface area contributed by atoms with Crippen LogP contribution in [0.5, 0.6) is 0 Å². The van der Waals surface area contributed by atoms with Gasteiger partial charge in [-0.2, -0.15) is 0 Å². The van der Waals surface area contributed by atoms with E-state index in [1.807, 2.05) is 36.4 Å². The summed E-state index contributed by atoms with van der Waals surface area (Å²) in [6.45, 7) is 1.49. The van der Waals surface area contributed by atoms with Crippen molar-refractivity contribution in [1.29, 1.82) is 0 Å². The Kier molecular flexibility index (Phi) is 6.46. The van der Waals surface area contributed by atoms with Crippen molar-refractivity contribution in [3.8, 4) is 11.1 Å². The minimum Gasteiger partial charge on any atom is -0.480 e. The Bertz CT molecular complexity index is 1050. The number of carboxylic acids is 1. The molecule has 0 fully saturated rings. The summed E-state index contributed by atoms with van der Waals surface area (Å²) >= 11 is 0. The first-order chi connectivity index (χ1) is 15.8. The van der Waals surface area contributed by atoms with E-state index in [0.29, 0.717) is 0 Å². The third-order valence-electron chi connectivity index (χ3n) is 6.11. The third kappa shape index (κ3) is 4.75. The number of alkyl carbamates (subject to hydrolysis) is 1. The van der Waals surface area contributed by atoms with E-state index in [1.165, 1.54) is 6.92 Å². The van der Waals surface area contributed by atoms with Crippen LogP contribution in [0.25, 0.3) is 11.1 Å². The van der Waals surface area contributed by atoms with Crippen LogP contribution in [0.1, 0.15) is 30.4 Å². The standard InChI is InChI=1S/C25H26N2O6/c1-14(28)22(24(30)31)27-23(29)15-10-11-16(12-15)26-25(32)33-13-21-19-8-4-2-6-17(19)18-7-3-5-9-20(18)21/h2-11,14-16,21-22,28H,12-13H2,1H3,(H,26,32)(H,27,29)(H,30,31). The minimum atomic E-state index is -1.39. The van der Waals surface area contributed by atoms with Crippen molar-refractivity contribution in [3.05, 3.63) is 71.8 Å². The molecule has 8 nitrogen and oxygen atoms in total. The van der Waals surface area contributed by atoms with Gasteiger partial charge in [-0.25, -0.2) is 9.59 Å². The van der Waals surface area contributed by atoms with Crippen molar-refractivity contribution in [2.24, 2.45) is 5.92 Å². The lowest BCUT2D eigenvalue weighted by atomic mass is 9.98. The number of aliphatic hydroxyl groups is 1. The maximum atomic E-state index is 12.4. The lowest BCUT2D eigenvalue weighted by Crippen LogP contribution is -2.49. The van der Waals surface area contributed by atoms with Crippen LogP contribution in [0.3, 0.4) is 0 Å². The number of benzene rings is 2. The monoisotopic (exact) mass is 450 g/mol. The van der Waals surface area contributed by atoms with E-state index in [4.69, 9.17) is 9.84 Å². The molecule has 0 bridgehead atoms. The van der Waals surface area contributed by atoms with Crippen LogP contribution in [-0.2, 0) is 14.3 Å². The van der Waals surface area contributed by atoms with Gasteiger partial charge < -0.3 is 25.6 Å². The summed E-state index contributed by atoms with van der Waals surface area (Å²) in [5.41, 5.74) is 4.53. The second-order valence-electron chi connectivity index (χ2n) is 8.37. The molecule has 0 aromatic heterocycles. The lowest BCUT2D eigenvalue weighted by molar-refractivity contribution is -0.145. The molecule has 2 aliphatic carbocycles. The van der Waals surface area contributed by atoms with Gasteiger partial charge in [-0.3, -0.25) is 4.79 Å². The first kappa shape index (κ1) is 22.5. The van der Waals surface area contributed by atoms with Crippen LogP contribution in [0.15, 0.2) is 60.7 Å². The summed E-state index contributed by atoms with van der Waals surface area (Å²) in [6.07, 6.45) is 1.77. The van der Waals surface area contributed by atoms with Gasteiger partial charge in [0, 0.05) is 5.92 Å². The van der Waals surface area contributed by atoms with Gasteiger partial charge >= 0.3 is 12.1 Å². The molecular formula is C25H26N2O6. The SMILES string of the molecule is CC(O)C(NC(=O)C1C=CC(NC(=O)OCC2c3ccccc3-c3ccccc32)C1)C(=O)O. The fourth-order valence-electron chi connectivity index (χ4n) is 4.44. The highest BCUT2D eigenvalue weighted by molar-refractivity contribution is 5.87. The topological polar surface area (TPSA) is 125 Å². The van der Waals surface area contributed by atoms with Crippen LogP contribution in [0, 0.1) is 5.92 Å². The number of hydrogen-bond donors (Lipinski definition) is 4. The second kappa shape index (κ2) is 9.46. The predicted molar refractivity (Wildman–Crippen MR) is 120 cm³/mol. The zero-order valence-electron chi connectivity index (χ0n) is 18.1. The molecule has 2 aromatic carbocycles. The number of aliphatic hydroxyl groups excluding tert-OH is 1. The highest BCUT2D eigenvalue weighted by atomic mass is 16.5. The molecule has 0 saturated heterocycles. The Hall–Kier alpha value is -3.65. The third-order valence-corrected chi connectivity index (χ3v) is 6.11. The van der Waals surface area contributed by atoms with Crippen LogP contribution < -0.4 is 10.6 Å². The number of hydrogen-bond acceptors (Lipinski definition) is 5. The quantitative estimate of drug-likeness (QED) is 0.480. The molecule has 2 aliphatic rings. The number of rotatable bonds is 7. The molecule has 0 spiro atoms. The van der Waals surface area contributed by atoms with Gasteiger partial charge in [0.15, 0.2) is 6.04 Å². The van der Waals surface area contributed by atoms with E-state index >= 15 is 0 Å². The summed E-state index contributed by atoms with van der Waals surface area (Å²) in [6, 6.07) is 14.3. The van der Waals surface area contributed by atoms with Crippen LogP contribution >= 0.6 is 0 Å². The Balaban J connectivity index is 1.31. The molecule has 2 aromatic rings. The largest absolute Gasteiger partial charge is 0.480 e. The number of fused-ring (bicyclic) bond motifs is 3. The Labute approximate surface area is 191 Å². The normalized spacial score (nSPS) is 20.4. The van der Waals surface area contributed by atoms with Gasteiger partial charge in [-0.1, -0.05) is 60.7 Å². The number of carbonyl (C=O) groups excluding carboxylic acids is 2. The van der Waals surface area contributed by atoms with Crippen molar-refractivity contribution < 1.29 is 29.3 Å². The molecule has 0 saturated carbocycles. The van der Waals surface area contributed by atoms with Gasteiger partial charge in [-0.15, -0.1) is 0 Å². The van der Waals surface area contributed by atoms with Gasteiger partial charge in [0.25, 0.3) is 0 Å². The lowest BCUT2D eigenvalue weighted by Gasteiger charge is -2.20. The van der Waals surface area contributed by atoms with Crippen molar-refractivity contribution >= 4 is 18.0 Å². The summed E-state index contributed by atoms with van der Waals surface area (Å²) in [5.74, 6) is -2.48. The molecule has 4 rings (SSSR count). The van der Waals surface area contributed by atoms with Gasteiger partial charge in [-0.05, 0) is 35.6 Å². The van der Waals surface area contributed by atoms with E-state index in [9.17, 15) is 19.5 Å².